The van der Waals surface area contributed by atoms with E-state index >= 15 is 0 Å². The molecule has 0 aliphatic heterocycles. The standard InChI is InChI=1S/C31H61N2O6P/c1-6-8-10-12-14-16-17-18-20-22-24-30(34)29(28-39-40(36,37)38-27-26-33(3,4)5)32-31(35)25-23-21-19-15-13-11-9-7-2/h16-17,22,24,29-30,34H,6-15,18-21,23,25-28H2,1-5H3,(H-,32,35,36,37)/p+1/b17-16+,24-22+. The Balaban J connectivity index is 4.74. The second-order valence-corrected chi connectivity index (χ2v) is 13.3. The highest BCUT2D eigenvalue weighted by Crippen LogP contribution is 2.43. The lowest BCUT2D eigenvalue weighted by Crippen LogP contribution is -2.45. The highest BCUT2D eigenvalue weighted by molar-refractivity contribution is 7.47. The molecular formula is C31H62N2O6P+. The minimum absolute atomic E-state index is 0.0569. The van der Waals surface area contributed by atoms with Gasteiger partial charge in [0.15, 0.2) is 0 Å². The van der Waals surface area contributed by atoms with E-state index in [2.05, 4.69) is 31.3 Å². The van der Waals surface area contributed by atoms with Crippen LogP contribution in [0.25, 0.3) is 0 Å². The van der Waals surface area contributed by atoms with Crippen LogP contribution in [-0.2, 0) is 18.4 Å². The molecule has 0 aliphatic rings. The molecule has 0 heterocycles. The van der Waals surface area contributed by atoms with Crippen molar-refractivity contribution in [3.05, 3.63) is 24.3 Å². The molecule has 0 aromatic heterocycles. The number of allylic oxidation sites excluding steroid dienone is 3. The monoisotopic (exact) mass is 589 g/mol. The van der Waals surface area contributed by atoms with E-state index in [9.17, 15) is 19.4 Å². The number of aliphatic hydroxyl groups is 1. The van der Waals surface area contributed by atoms with Crippen molar-refractivity contribution in [3.8, 4) is 0 Å². The number of rotatable bonds is 27. The fourth-order valence-corrected chi connectivity index (χ4v) is 4.79. The first kappa shape index (κ1) is 39.0. The molecule has 0 spiro atoms. The zero-order valence-electron chi connectivity index (χ0n) is 26.3. The number of aliphatic hydroxyl groups excluding tert-OH is 1. The van der Waals surface area contributed by atoms with Crippen LogP contribution in [0.5, 0.6) is 0 Å². The van der Waals surface area contributed by atoms with Gasteiger partial charge in [0.25, 0.3) is 0 Å². The summed E-state index contributed by atoms with van der Waals surface area (Å²) >= 11 is 0. The molecule has 8 nitrogen and oxygen atoms in total. The van der Waals surface area contributed by atoms with Gasteiger partial charge in [0, 0.05) is 6.42 Å². The zero-order valence-corrected chi connectivity index (χ0v) is 27.2. The minimum Gasteiger partial charge on any atom is -0.387 e. The summed E-state index contributed by atoms with van der Waals surface area (Å²) in [5.74, 6) is -0.197. The lowest BCUT2D eigenvalue weighted by molar-refractivity contribution is -0.870. The fraction of sp³-hybridized carbons (Fsp3) is 0.839. The molecule has 0 rings (SSSR count). The van der Waals surface area contributed by atoms with Crippen molar-refractivity contribution in [1.29, 1.82) is 0 Å². The Hall–Kier alpha value is -1.02. The Bertz CT molecular complexity index is 723. The number of phosphoric ester groups is 1. The first-order chi connectivity index (χ1) is 19.0. The molecule has 0 saturated carbocycles. The van der Waals surface area contributed by atoms with Crippen molar-refractivity contribution < 1.29 is 32.9 Å². The van der Waals surface area contributed by atoms with Gasteiger partial charge in [0.2, 0.25) is 5.91 Å². The van der Waals surface area contributed by atoms with Gasteiger partial charge in [0.1, 0.15) is 13.2 Å². The molecule has 3 N–H and O–H groups in total. The maximum absolute atomic E-state index is 12.6. The van der Waals surface area contributed by atoms with Gasteiger partial charge in [-0.3, -0.25) is 13.8 Å². The second-order valence-electron chi connectivity index (χ2n) is 11.8. The van der Waals surface area contributed by atoms with Crippen molar-refractivity contribution in [3.63, 3.8) is 0 Å². The topological polar surface area (TPSA) is 105 Å². The van der Waals surface area contributed by atoms with E-state index in [0.29, 0.717) is 17.4 Å². The van der Waals surface area contributed by atoms with Gasteiger partial charge in [0.05, 0.1) is 39.9 Å². The van der Waals surface area contributed by atoms with Crippen LogP contribution in [-0.4, -0.2) is 73.4 Å². The number of phosphoric acid groups is 1. The van der Waals surface area contributed by atoms with Gasteiger partial charge in [-0.25, -0.2) is 4.57 Å². The van der Waals surface area contributed by atoms with E-state index in [4.69, 9.17) is 9.05 Å². The van der Waals surface area contributed by atoms with Gasteiger partial charge in [-0.1, -0.05) is 102 Å². The summed E-state index contributed by atoms with van der Waals surface area (Å²) < 4.78 is 23.2. The highest BCUT2D eigenvalue weighted by atomic mass is 31.2. The summed E-state index contributed by atoms with van der Waals surface area (Å²) in [6.45, 7) is 4.67. The van der Waals surface area contributed by atoms with Crippen LogP contribution in [0.3, 0.4) is 0 Å². The highest BCUT2D eigenvalue weighted by Gasteiger charge is 2.27. The summed E-state index contributed by atoms with van der Waals surface area (Å²) in [5, 5.41) is 13.6. The lowest BCUT2D eigenvalue weighted by atomic mass is 10.1. The largest absolute Gasteiger partial charge is 0.472 e. The Kier molecular flexibility index (Phi) is 23.9. The predicted molar refractivity (Wildman–Crippen MR) is 166 cm³/mol. The van der Waals surface area contributed by atoms with Crippen LogP contribution in [0, 0.1) is 0 Å². The average Bonchev–Trinajstić information content (AvgIpc) is 2.88. The number of likely N-dealkylation sites (N-methyl/N-ethyl adjacent to an activating group) is 1. The zero-order chi connectivity index (χ0) is 30.1. The van der Waals surface area contributed by atoms with Crippen LogP contribution in [0.4, 0.5) is 0 Å². The Labute approximate surface area is 245 Å². The molecule has 0 saturated heterocycles. The van der Waals surface area contributed by atoms with Crippen molar-refractivity contribution in [2.45, 2.75) is 129 Å². The Morgan fingerprint density at radius 2 is 1.38 bits per heavy atom. The molecule has 0 fully saturated rings. The van der Waals surface area contributed by atoms with Crippen LogP contribution in [0.2, 0.25) is 0 Å². The lowest BCUT2D eigenvalue weighted by Gasteiger charge is -2.25. The van der Waals surface area contributed by atoms with Crippen LogP contribution in [0.15, 0.2) is 24.3 Å². The summed E-state index contributed by atoms with van der Waals surface area (Å²) in [4.78, 5) is 22.7. The number of unbranched alkanes of at least 4 members (excludes halogenated alkanes) is 12. The SMILES string of the molecule is CCCCCC/C=C/CC/C=C/C(O)C(COP(=O)(O)OCC[N+](C)(C)C)NC(=O)CCCCCCCCCC. The third kappa shape index (κ3) is 25.9. The minimum atomic E-state index is -4.32. The molecule has 40 heavy (non-hydrogen) atoms. The summed E-state index contributed by atoms with van der Waals surface area (Å²) in [6, 6.07) is -0.852. The Morgan fingerprint density at radius 3 is 2.00 bits per heavy atom. The van der Waals surface area contributed by atoms with Gasteiger partial charge in [-0.2, -0.15) is 0 Å². The maximum atomic E-state index is 12.6. The van der Waals surface area contributed by atoms with Crippen LogP contribution in [0.1, 0.15) is 117 Å². The number of carbonyl (C=O) groups is 1. The summed E-state index contributed by atoms with van der Waals surface area (Å²) in [7, 11) is 1.55. The van der Waals surface area contributed by atoms with E-state index < -0.39 is 20.0 Å². The van der Waals surface area contributed by atoms with Gasteiger partial charge < -0.3 is 19.8 Å². The maximum Gasteiger partial charge on any atom is 0.472 e. The number of nitrogens with one attached hydrogen (secondary N) is 1. The van der Waals surface area contributed by atoms with Gasteiger partial charge in [-0.05, 0) is 32.1 Å². The quantitative estimate of drug-likeness (QED) is 0.0410. The van der Waals surface area contributed by atoms with E-state index in [1.54, 1.807) is 6.08 Å². The number of hydrogen-bond donors (Lipinski definition) is 3. The number of carbonyl (C=O) groups excluding carboxylic acids is 1. The molecule has 3 unspecified atom stereocenters. The van der Waals surface area contributed by atoms with Crippen molar-refractivity contribution in [2.24, 2.45) is 0 Å². The molecule has 0 bridgehead atoms. The average molecular weight is 590 g/mol. The van der Waals surface area contributed by atoms with Gasteiger partial charge >= 0.3 is 7.82 Å². The van der Waals surface area contributed by atoms with E-state index in [-0.39, 0.29) is 19.1 Å². The van der Waals surface area contributed by atoms with Crippen LogP contribution >= 0.6 is 7.82 Å². The van der Waals surface area contributed by atoms with Gasteiger partial charge in [-0.15, -0.1) is 0 Å². The normalized spacial score (nSPS) is 15.5. The van der Waals surface area contributed by atoms with E-state index in [1.165, 1.54) is 57.8 Å². The molecule has 9 heteroatoms. The number of quaternary nitrogens is 1. The number of hydrogen-bond acceptors (Lipinski definition) is 5. The van der Waals surface area contributed by atoms with Crippen LogP contribution < -0.4 is 5.32 Å². The number of nitrogens with zero attached hydrogens (tertiary/aromatic N) is 1. The first-order valence-corrected chi connectivity index (χ1v) is 17.2. The van der Waals surface area contributed by atoms with Crippen molar-refractivity contribution in [1.82, 2.24) is 5.32 Å². The molecule has 236 valence electrons. The van der Waals surface area contributed by atoms with E-state index in [0.717, 1.165) is 38.5 Å². The molecule has 0 aromatic rings. The smallest absolute Gasteiger partial charge is 0.387 e. The summed E-state index contributed by atoms with van der Waals surface area (Å²) in [5.41, 5.74) is 0. The second kappa shape index (κ2) is 24.6. The van der Waals surface area contributed by atoms with E-state index in [1.807, 2.05) is 27.2 Å². The van der Waals surface area contributed by atoms with Crippen molar-refractivity contribution in [2.75, 3.05) is 40.9 Å². The Morgan fingerprint density at radius 1 is 0.825 bits per heavy atom. The third-order valence-electron chi connectivity index (χ3n) is 6.67. The molecule has 3 atom stereocenters. The first-order valence-electron chi connectivity index (χ1n) is 15.7. The fourth-order valence-electron chi connectivity index (χ4n) is 4.05. The third-order valence-corrected chi connectivity index (χ3v) is 7.66. The predicted octanol–water partition coefficient (Wildman–Crippen LogP) is 7.07. The number of amides is 1. The molecular weight excluding hydrogens is 527 g/mol. The summed E-state index contributed by atoms with van der Waals surface area (Å²) in [6.07, 6.45) is 24.0. The molecule has 0 aliphatic carbocycles. The molecule has 1 amide bonds. The van der Waals surface area contributed by atoms with Crippen molar-refractivity contribution >= 4 is 13.7 Å². The molecule has 0 aromatic carbocycles. The molecule has 0 radical (unpaired) electrons.